The van der Waals surface area contributed by atoms with Crippen molar-refractivity contribution in [2.45, 2.75) is 30.2 Å². The number of hydrogen-bond donors (Lipinski definition) is 1. The molecule has 0 saturated heterocycles. The SMILES string of the molecule is CSc1ccc(CCN(C)CCNC2CC2)cc1. The summed E-state index contributed by atoms with van der Waals surface area (Å²) in [6.07, 6.45) is 6.03. The van der Waals surface area contributed by atoms with Gasteiger partial charge in [0.15, 0.2) is 0 Å². The molecule has 0 spiro atoms. The van der Waals surface area contributed by atoms with E-state index in [0.717, 1.165) is 32.1 Å². The Balaban J connectivity index is 1.62. The molecule has 0 amide bonds. The highest BCUT2D eigenvalue weighted by Gasteiger charge is 2.19. The minimum atomic E-state index is 0.831. The molecule has 2 rings (SSSR count). The van der Waals surface area contributed by atoms with Crippen LogP contribution in [0.2, 0.25) is 0 Å². The normalized spacial score (nSPS) is 15.3. The van der Waals surface area contributed by atoms with Crippen molar-refractivity contribution < 1.29 is 0 Å². The quantitative estimate of drug-likeness (QED) is 0.727. The molecule has 2 nitrogen and oxygen atoms in total. The molecule has 1 fully saturated rings. The Morgan fingerprint density at radius 1 is 1.22 bits per heavy atom. The van der Waals surface area contributed by atoms with E-state index in [1.165, 1.54) is 23.3 Å². The van der Waals surface area contributed by atoms with Crippen LogP contribution in [0.25, 0.3) is 0 Å². The highest BCUT2D eigenvalue weighted by atomic mass is 32.2. The minimum Gasteiger partial charge on any atom is -0.313 e. The fraction of sp³-hybridized carbons (Fsp3) is 0.600. The Morgan fingerprint density at radius 3 is 2.56 bits per heavy atom. The first-order chi connectivity index (χ1) is 8.78. The standard InChI is InChI=1S/C15H24N2S/c1-17(12-10-16-14-5-6-14)11-9-13-3-7-15(18-2)8-4-13/h3-4,7-8,14,16H,5-6,9-12H2,1-2H3. The minimum absolute atomic E-state index is 0.831. The maximum absolute atomic E-state index is 3.56. The lowest BCUT2D eigenvalue weighted by Gasteiger charge is -2.16. The number of thioether (sulfide) groups is 1. The predicted octanol–water partition coefficient (Wildman–Crippen LogP) is 2.63. The van der Waals surface area contributed by atoms with Gasteiger partial charge in [0.25, 0.3) is 0 Å². The summed E-state index contributed by atoms with van der Waals surface area (Å²) < 4.78 is 0. The van der Waals surface area contributed by atoms with Crippen LogP contribution in [0.3, 0.4) is 0 Å². The van der Waals surface area contributed by atoms with Crippen molar-refractivity contribution in [3.8, 4) is 0 Å². The van der Waals surface area contributed by atoms with Crippen molar-refractivity contribution in [3.63, 3.8) is 0 Å². The molecular weight excluding hydrogens is 240 g/mol. The number of hydrogen-bond acceptors (Lipinski definition) is 3. The van der Waals surface area contributed by atoms with Gasteiger partial charge >= 0.3 is 0 Å². The van der Waals surface area contributed by atoms with Crippen LogP contribution in [0.15, 0.2) is 29.2 Å². The molecule has 0 unspecified atom stereocenters. The maximum Gasteiger partial charge on any atom is 0.0104 e. The molecule has 1 saturated carbocycles. The molecule has 18 heavy (non-hydrogen) atoms. The van der Waals surface area contributed by atoms with Crippen molar-refractivity contribution in [2.75, 3.05) is 32.9 Å². The van der Waals surface area contributed by atoms with E-state index in [-0.39, 0.29) is 0 Å². The summed E-state index contributed by atoms with van der Waals surface area (Å²) in [5, 5.41) is 3.56. The fourth-order valence-electron chi connectivity index (χ4n) is 1.97. The Morgan fingerprint density at radius 2 is 1.94 bits per heavy atom. The maximum atomic E-state index is 3.56. The third kappa shape index (κ3) is 5.01. The van der Waals surface area contributed by atoms with Gasteiger partial charge in [-0.2, -0.15) is 0 Å². The number of likely N-dealkylation sites (N-methyl/N-ethyl adjacent to an activating group) is 1. The van der Waals surface area contributed by atoms with Crippen LogP contribution in [0.4, 0.5) is 0 Å². The molecular formula is C15H24N2S. The summed E-state index contributed by atoms with van der Waals surface area (Å²) in [7, 11) is 2.21. The average molecular weight is 264 g/mol. The highest BCUT2D eigenvalue weighted by Crippen LogP contribution is 2.18. The molecule has 0 atom stereocenters. The van der Waals surface area contributed by atoms with Gasteiger partial charge in [0, 0.05) is 30.6 Å². The van der Waals surface area contributed by atoms with E-state index in [9.17, 15) is 0 Å². The lowest BCUT2D eigenvalue weighted by Crippen LogP contribution is -2.31. The van der Waals surface area contributed by atoms with Crippen molar-refractivity contribution in [1.29, 1.82) is 0 Å². The lowest BCUT2D eigenvalue weighted by atomic mass is 10.1. The fourth-order valence-corrected chi connectivity index (χ4v) is 2.38. The Kier molecular flexibility index (Phi) is 5.54. The van der Waals surface area contributed by atoms with E-state index >= 15 is 0 Å². The van der Waals surface area contributed by atoms with Crippen molar-refractivity contribution in [3.05, 3.63) is 29.8 Å². The van der Waals surface area contributed by atoms with Gasteiger partial charge in [-0.25, -0.2) is 0 Å². The second kappa shape index (κ2) is 7.17. The molecule has 1 N–H and O–H groups in total. The molecule has 0 heterocycles. The smallest absolute Gasteiger partial charge is 0.0104 e. The summed E-state index contributed by atoms with van der Waals surface area (Å²) in [6, 6.07) is 9.77. The van der Waals surface area contributed by atoms with Gasteiger partial charge in [0.1, 0.15) is 0 Å². The van der Waals surface area contributed by atoms with Crippen LogP contribution in [0.5, 0.6) is 0 Å². The zero-order valence-corrected chi connectivity index (χ0v) is 12.3. The van der Waals surface area contributed by atoms with Crippen LogP contribution < -0.4 is 5.32 Å². The molecule has 1 aliphatic rings. The van der Waals surface area contributed by atoms with Crippen LogP contribution in [-0.4, -0.2) is 43.9 Å². The van der Waals surface area contributed by atoms with E-state index in [1.807, 2.05) is 0 Å². The summed E-state index contributed by atoms with van der Waals surface area (Å²) in [4.78, 5) is 3.76. The largest absolute Gasteiger partial charge is 0.313 e. The molecule has 1 aromatic rings. The number of benzene rings is 1. The Labute approximate surface area is 115 Å². The van der Waals surface area contributed by atoms with Crippen LogP contribution in [-0.2, 0) is 6.42 Å². The summed E-state index contributed by atoms with van der Waals surface area (Å²) >= 11 is 1.80. The van der Waals surface area contributed by atoms with E-state index in [0.29, 0.717) is 0 Å². The second-order valence-electron chi connectivity index (χ2n) is 5.13. The Hall–Kier alpha value is -0.510. The molecule has 0 aliphatic heterocycles. The zero-order chi connectivity index (χ0) is 12.8. The monoisotopic (exact) mass is 264 g/mol. The van der Waals surface area contributed by atoms with E-state index in [2.05, 4.69) is 47.8 Å². The van der Waals surface area contributed by atoms with Crippen LogP contribution in [0.1, 0.15) is 18.4 Å². The molecule has 0 bridgehead atoms. The van der Waals surface area contributed by atoms with Gasteiger partial charge in [0.2, 0.25) is 0 Å². The van der Waals surface area contributed by atoms with Crippen molar-refractivity contribution in [1.82, 2.24) is 10.2 Å². The van der Waals surface area contributed by atoms with E-state index in [4.69, 9.17) is 0 Å². The van der Waals surface area contributed by atoms with E-state index < -0.39 is 0 Å². The Bertz CT molecular complexity index is 346. The first kappa shape index (κ1) is 13.9. The number of nitrogens with zero attached hydrogens (tertiary/aromatic N) is 1. The summed E-state index contributed by atoms with van der Waals surface area (Å²) in [6.45, 7) is 3.43. The van der Waals surface area contributed by atoms with Gasteiger partial charge < -0.3 is 10.2 Å². The summed E-state index contributed by atoms with van der Waals surface area (Å²) in [5.41, 5.74) is 1.44. The molecule has 100 valence electrons. The third-order valence-corrected chi connectivity index (χ3v) is 4.19. The van der Waals surface area contributed by atoms with Gasteiger partial charge in [-0.3, -0.25) is 0 Å². The van der Waals surface area contributed by atoms with Gasteiger partial charge in [0.05, 0.1) is 0 Å². The topological polar surface area (TPSA) is 15.3 Å². The summed E-state index contributed by atoms with van der Waals surface area (Å²) in [5.74, 6) is 0. The first-order valence-electron chi connectivity index (χ1n) is 6.83. The van der Waals surface area contributed by atoms with Gasteiger partial charge in [-0.15, -0.1) is 11.8 Å². The molecule has 0 aromatic heterocycles. The lowest BCUT2D eigenvalue weighted by molar-refractivity contribution is 0.335. The van der Waals surface area contributed by atoms with Crippen molar-refractivity contribution in [2.24, 2.45) is 0 Å². The van der Waals surface area contributed by atoms with Crippen LogP contribution >= 0.6 is 11.8 Å². The molecule has 1 aromatic carbocycles. The van der Waals surface area contributed by atoms with Gasteiger partial charge in [-0.1, -0.05) is 12.1 Å². The molecule has 1 aliphatic carbocycles. The van der Waals surface area contributed by atoms with E-state index in [1.54, 1.807) is 11.8 Å². The number of rotatable bonds is 8. The highest BCUT2D eigenvalue weighted by molar-refractivity contribution is 7.98. The average Bonchev–Trinajstić information content (AvgIpc) is 3.21. The van der Waals surface area contributed by atoms with Gasteiger partial charge in [-0.05, 0) is 50.3 Å². The third-order valence-electron chi connectivity index (χ3n) is 3.45. The molecule has 3 heteroatoms. The van der Waals surface area contributed by atoms with Crippen molar-refractivity contribution >= 4 is 11.8 Å². The van der Waals surface area contributed by atoms with Crippen LogP contribution in [0, 0.1) is 0 Å². The second-order valence-corrected chi connectivity index (χ2v) is 6.01. The number of nitrogens with one attached hydrogen (secondary N) is 1. The predicted molar refractivity (Wildman–Crippen MR) is 80.4 cm³/mol. The first-order valence-corrected chi connectivity index (χ1v) is 8.05. The zero-order valence-electron chi connectivity index (χ0n) is 11.5. The molecule has 0 radical (unpaired) electrons.